The summed E-state index contributed by atoms with van der Waals surface area (Å²) in [5.74, 6) is 0.505. The number of ether oxygens (including phenoxy) is 1. The van der Waals surface area contributed by atoms with E-state index in [2.05, 4.69) is 21.2 Å². The average molecular weight is 373 g/mol. The number of nitrogens with one attached hydrogen (secondary N) is 1. The molecule has 0 spiro atoms. The summed E-state index contributed by atoms with van der Waals surface area (Å²) < 4.78 is 19.9. The van der Waals surface area contributed by atoms with E-state index < -0.39 is 0 Å². The lowest BCUT2D eigenvalue weighted by molar-refractivity contribution is 0.414. The van der Waals surface area contributed by atoms with Crippen molar-refractivity contribution in [3.8, 4) is 5.75 Å². The zero-order chi connectivity index (χ0) is 15.4. The van der Waals surface area contributed by atoms with Gasteiger partial charge in [0.2, 0.25) is 0 Å². The summed E-state index contributed by atoms with van der Waals surface area (Å²) in [7, 11) is 3.43. The standard InChI is InChI=1S/C16H16BrClFNO/c1-20-16(7-10-4-3-5-11(6-10)21-2)12-8-14(18)13(17)9-15(12)19/h3-6,8-9,16,20H,7H2,1-2H3. The summed E-state index contributed by atoms with van der Waals surface area (Å²) in [6.45, 7) is 0. The quantitative estimate of drug-likeness (QED) is 0.765. The number of likely N-dealkylation sites (N-methyl/N-ethyl adjacent to an activating group) is 1. The normalized spacial score (nSPS) is 12.2. The van der Waals surface area contributed by atoms with Crippen molar-refractivity contribution >= 4 is 27.5 Å². The lowest BCUT2D eigenvalue weighted by Crippen LogP contribution is -2.20. The minimum absolute atomic E-state index is 0.164. The van der Waals surface area contributed by atoms with Gasteiger partial charge in [0.25, 0.3) is 0 Å². The predicted octanol–water partition coefficient (Wildman–Crippen LogP) is 4.75. The first kappa shape index (κ1) is 16.3. The van der Waals surface area contributed by atoms with Crippen molar-refractivity contribution in [1.29, 1.82) is 0 Å². The van der Waals surface area contributed by atoms with Gasteiger partial charge in [0.15, 0.2) is 0 Å². The summed E-state index contributed by atoms with van der Waals surface area (Å²) in [5.41, 5.74) is 1.61. The van der Waals surface area contributed by atoms with Gasteiger partial charge in [0, 0.05) is 16.1 Å². The van der Waals surface area contributed by atoms with Gasteiger partial charge in [-0.05, 0) is 59.2 Å². The van der Waals surface area contributed by atoms with E-state index in [0.29, 0.717) is 21.5 Å². The molecule has 0 amide bonds. The van der Waals surface area contributed by atoms with Crippen molar-refractivity contribution in [2.75, 3.05) is 14.2 Å². The smallest absolute Gasteiger partial charge is 0.129 e. The molecule has 2 rings (SSSR count). The fourth-order valence-corrected chi connectivity index (χ4v) is 2.70. The first-order chi connectivity index (χ1) is 10.0. The highest BCUT2D eigenvalue weighted by Crippen LogP contribution is 2.30. The second-order valence-electron chi connectivity index (χ2n) is 4.68. The van der Waals surface area contributed by atoms with Crippen LogP contribution in [0.5, 0.6) is 5.75 Å². The molecule has 112 valence electrons. The number of methoxy groups -OCH3 is 1. The molecule has 0 heterocycles. The highest BCUT2D eigenvalue weighted by atomic mass is 79.9. The third-order valence-corrected chi connectivity index (χ3v) is 4.53. The Labute approximate surface area is 137 Å². The van der Waals surface area contributed by atoms with Gasteiger partial charge >= 0.3 is 0 Å². The molecule has 0 bridgehead atoms. The second-order valence-corrected chi connectivity index (χ2v) is 5.95. The van der Waals surface area contributed by atoms with E-state index in [-0.39, 0.29) is 11.9 Å². The molecule has 1 unspecified atom stereocenters. The number of benzene rings is 2. The zero-order valence-corrected chi connectivity index (χ0v) is 14.1. The molecule has 2 nitrogen and oxygen atoms in total. The maximum Gasteiger partial charge on any atom is 0.129 e. The largest absolute Gasteiger partial charge is 0.497 e. The fourth-order valence-electron chi connectivity index (χ4n) is 2.21. The van der Waals surface area contributed by atoms with E-state index in [4.69, 9.17) is 16.3 Å². The van der Waals surface area contributed by atoms with Crippen LogP contribution in [0.1, 0.15) is 17.2 Å². The summed E-state index contributed by atoms with van der Waals surface area (Å²) in [6.07, 6.45) is 0.641. The Morgan fingerprint density at radius 3 is 2.76 bits per heavy atom. The number of hydrogen-bond acceptors (Lipinski definition) is 2. The van der Waals surface area contributed by atoms with E-state index >= 15 is 0 Å². The molecular weight excluding hydrogens is 357 g/mol. The van der Waals surface area contributed by atoms with Crippen LogP contribution in [0.4, 0.5) is 4.39 Å². The van der Waals surface area contributed by atoms with E-state index in [9.17, 15) is 4.39 Å². The number of rotatable bonds is 5. The van der Waals surface area contributed by atoms with Gasteiger partial charge in [-0.15, -0.1) is 0 Å². The molecule has 0 aliphatic heterocycles. The first-order valence-electron chi connectivity index (χ1n) is 6.49. The third kappa shape index (κ3) is 3.96. The molecule has 0 saturated heterocycles. The number of halogens is 3. The molecule has 0 radical (unpaired) electrons. The molecule has 1 N–H and O–H groups in total. The highest BCUT2D eigenvalue weighted by molar-refractivity contribution is 9.10. The van der Waals surface area contributed by atoms with Crippen molar-refractivity contribution in [3.05, 3.63) is 62.8 Å². The van der Waals surface area contributed by atoms with Gasteiger partial charge in [-0.3, -0.25) is 0 Å². The van der Waals surface area contributed by atoms with E-state index in [1.54, 1.807) is 20.2 Å². The van der Waals surface area contributed by atoms with Gasteiger partial charge in [-0.25, -0.2) is 4.39 Å². The molecule has 0 saturated carbocycles. The molecule has 0 aromatic heterocycles. The van der Waals surface area contributed by atoms with Gasteiger partial charge in [0.1, 0.15) is 11.6 Å². The average Bonchev–Trinajstić information content (AvgIpc) is 2.49. The molecule has 21 heavy (non-hydrogen) atoms. The van der Waals surface area contributed by atoms with Crippen LogP contribution in [0, 0.1) is 5.82 Å². The van der Waals surface area contributed by atoms with Crippen molar-refractivity contribution in [2.45, 2.75) is 12.5 Å². The van der Waals surface area contributed by atoms with Crippen LogP contribution < -0.4 is 10.1 Å². The Bertz CT molecular complexity index is 636. The van der Waals surface area contributed by atoms with Gasteiger partial charge in [-0.1, -0.05) is 23.7 Å². The van der Waals surface area contributed by atoms with Crippen LogP contribution in [0.15, 0.2) is 40.9 Å². The van der Waals surface area contributed by atoms with Crippen LogP contribution in [-0.4, -0.2) is 14.2 Å². The summed E-state index contributed by atoms with van der Waals surface area (Å²) in [4.78, 5) is 0. The minimum atomic E-state index is -0.284. The van der Waals surface area contributed by atoms with E-state index in [0.717, 1.165) is 11.3 Å². The van der Waals surface area contributed by atoms with Crippen molar-refractivity contribution in [3.63, 3.8) is 0 Å². The molecule has 5 heteroatoms. The molecule has 0 aliphatic rings. The molecule has 0 fully saturated rings. The minimum Gasteiger partial charge on any atom is -0.497 e. The number of hydrogen-bond donors (Lipinski definition) is 1. The first-order valence-corrected chi connectivity index (χ1v) is 7.67. The maximum atomic E-state index is 14.2. The van der Waals surface area contributed by atoms with Crippen LogP contribution >= 0.6 is 27.5 Å². The van der Waals surface area contributed by atoms with Crippen LogP contribution in [0.3, 0.4) is 0 Å². The Morgan fingerprint density at radius 1 is 1.33 bits per heavy atom. The van der Waals surface area contributed by atoms with Crippen LogP contribution in [0.25, 0.3) is 0 Å². The molecular formula is C16H16BrClFNO. The van der Waals surface area contributed by atoms with Crippen LogP contribution in [-0.2, 0) is 6.42 Å². The van der Waals surface area contributed by atoms with Crippen LogP contribution in [0.2, 0.25) is 5.02 Å². The van der Waals surface area contributed by atoms with Gasteiger partial charge in [-0.2, -0.15) is 0 Å². The van der Waals surface area contributed by atoms with Gasteiger partial charge < -0.3 is 10.1 Å². The summed E-state index contributed by atoms with van der Waals surface area (Å²) in [6, 6.07) is 10.6. The van der Waals surface area contributed by atoms with Crippen molar-refractivity contribution < 1.29 is 9.13 Å². The van der Waals surface area contributed by atoms with E-state index in [1.807, 2.05) is 24.3 Å². The molecule has 0 aliphatic carbocycles. The van der Waals surface area contributed by atoms with Crippen molar-refractivity contribution in [2.24, 2.45) is 0 Å². The van der Waals surface area contributed by atoms with Gasteiger partial charge in [0.05, 0.1) is 12.1 Å². The Kier molecular flexibility index (Phi) is 5.62. The molecule has 1 atom stereocenters. The second kappa shape index (κ2) is 7.25. The molecule has 2 aromatic carbocycles. The summed E-state index contributed by atoms with van der Waals surface area (Å²) >= 11 is 9.30. The van der Waals surface area contributed by atoms with Crippen molar-refractivity contribution in [1.82, 2.24) is 5.32 Å². The Hall–Kier alpha value is -1.10. The zero-order valence-electron chi connectivity index (χ0n) is 11.8. The molecule has 2 aromatic rings. The predicted molar refractivity (Wildman–Crippen MR) is 87.6 cm³/mol. The lowest BCUT2D eigenvalue weighted by atomic mass is 9.98. The topological polar surface area (TPSA) is 21.3 Å². The summed E-state index contributed by atoms with van der Waals surface area (Å²) in [5, 5.41) is 3.63. The maximum absolute atomic E-state index is 14.2. The Balaban J connectivity index is 2.29. The van der Waals surface area contributed by atoms with E-state index in [1.165, 1.54) is 6.07 Å². The lowest BCUT2D eigenvalue weighted by Gasteiger charge is -2.18. The Morgan fingerprint density at radius 2 is 2.10 bits per heavy atom. The SMILES string of the molecule is CNC(Cc1cccc(OC)c1)c1cc(Cl)c(Br)cc1F. The fraction of sp³-hybridized carbons (Fsp3) is 0.250. The third-order valence-electron chi connectivity index (χ3n) is 3.34. The monoisotopic (exact) mass is 371 g/mol. The highest BCUT2D eigenvalue weighted by Gasteiger charge is 2.17.